The molecular weight excluding hydrogens is 206 g/mol. The van der Waals surface area contributed by atoms with Crippen LogP contribution in [0.15, 0.2) is 23.8 Å². The normalized spacial score (nSPS) is 16.0. The first-order valence-corrected chi connectivity index (χ1v) is 5.18. The van der Waals surface area contributed by atoms with Gasteiger partial charge in [0.2, 0.25) is 0 Å². The van der Waals surface area contributed by atoms with E-state index in [9.17, 15) is 14.4 Å². The average molecular weight is 221 g/mol. The SMILES string of the molecule is C=CC(=O)CCCN1C(=O)C(C)=C(C)C1=O. The second kappa shape index (κ2) is 4.88. The highest BCUT2D eigenvalue weighted by molar-refractivity contribution is 6.18. The minimum Gasteiger partial charge on any atom is -0.295 e. The molecule has 0 N–H and O–H groups in total. The molecule has 0 aliphatic carbocycles. The number of nitrogens with zero attached hydrogens (tertiary/aromatic N) is 1. The van der Waals surface area contributed by atoms with Crippen molar-refractivity contribution in [2.75, 3.05) is 6.54 Å². The van der Waals surface area contributed by atoms with E-state index in [4.69, 9.17) is 0 Å². The third-order valence-electron chi connectivity index (χ3n) is 2.73. The molecule has 1 rings (SSSR count). The molecule has 0 spiro atoms. The van der Waals surface area contributed by atoms with Gasteiger partial charge in [-0.25, -0.2) is 0 Å². The van der Waals surface area contributed by atoms with Crippen LogP contribution in [-0.2, 0) is 14.4 Å². The molecule has 16 heavy (non-hydrogen) atoms. The lowest BCUT2D eigenvalue weighted by Gasteiger charge is -2.13. The van der Waals surface area contributed by atoms with Gasteiger partial charge in [-0.2, -0.15) is 0 Å². The van der Waals surface area contributed by atoms with Crippen molar-refractivity contribution in [2.45, 2.75) is 26.7 Å². The van der Waals surface area contributed by atoms with Crippen molar-refractivity contribution in [1.29, 1.82) is 0 Å². The molecule has 0 bridgehead atoms. The van der Waals surface area contributed by atoms with Crippen molar-refractivity contribution in [2.24, 2.45) is 0 Å². The van der Waals surface area contributed by atoms with E-state index in [-0.39, 0.29) is 17.6 Å². The average Bonchev–Trinajstić information content (AvgIpc) is 2.46. The molecule has 0 unspecified atom stereocenters. The van der Waals surface area contributed by atoms with E-state index in [1.54, 1.807) is 13.8 Å². The molecule has 0 aromatic heterocycles. The van der Waals surface area contributed by atoms with E-state index in [0.29, 0.717) is 30.5 Å². The Kier molecular flexibility index (Phi) is 3.77. The van der Waals surface area contributed by atoms with Crippen LogP contribution in [0.25, 0.3) is 0 Å². The van der Waals surface area contributed by atoms with Gasteiger partial charge in [-0.3, -0.25) is 19.3 Å². The van der Waals surface area contributed by atoms with Gasteiger partial charge in [-0.05, 0) is 26.3 Å². The molecule has 0 aromatic carbocycles. The second-order valence-corrected chi connectivity index (χ2v) is 3.79. The Morgan fingerprint density at radius 3 is 2.19 bits per heavy atom. The minimum atomic E-state index is -0.242. The van der Waals surface area contributed by atoms with Crippen LogP contribution in [-0.4, -0.2) is 29.0 Å². The van der Waals surface area contributed by atoms with Crippen LogP contribution in [0.3, 0.4) is 0 Å². The van der Waals surface area contributed by atoms with Gasteiger partial charge in [0, 0.05) is 24.1 Å². The predicted molar refractivity (Wildman–Crippen MR) is 59.5 cm³/mol. The number of carbonyl (C=O) groups is 3. The van der Waals surface area contributed by atoms with Gasteiger partial charge < -0.3 is 0 Å². The molecule has 4 nitrogen and oxygen atoms in total. The zero-order valence-corrected chi connectivity index (χ0v) is 9.58. The summed E-state index contributed by atoms with van der Waals surface area (Å²) < 4.78 is 0. The fourth-order valence-electron chi connectivity index (χ4n) is 1.53. The quantitative estimate of drug-likeness (QED) is 0.518. The Labute approximate surface area is 94.6 Å². The van der Waals surface area contributed by atoms with Crippen molar-refractivity contribution in [3.05, 3.63) is 23.8 Å². The molecule has 0 saturated carbocycles. The van der Waals surface area contributed by atoms with Gasteiger partial charge in [-0.1, -0.05) is 6.58 Å². The number of carbonyl (C=O) groups excluding carboxylic acids is 3. The molecule has 2 amide bonds. The van der Waals surface area contributed by atoms with Crippen LogP contribution in [0.2, 0.25) is 0 Å². The monoisotopic (exact) mass is 221 g/mol. The summed E-state index contributed by atoms with van der Waals surface area (Å²) in [6.07, 6.45) is 2.06. The standard InChI is InChI=1S/C12H15NO3/c1-4-10(14)6-5-7-13-11(15)8(2)9(3)12(13)16/h4H,1,5-7H2,2-3H3. The van der Waals surface area contributed by atoms with Crippen LogP contribution in [0.1, 0.15) is 26.7 Å². The van der Waals surface area contributed by atoms with Crippen molar-refractivity contribution in [1.82, 2.24) is 4.90 Å². The lowest BCUT2D eigenvalue weighted by atomic mass is 10.2. The smallest absolute Gasteiger partial charge is 0.256 e. The van der Waals surface area contributed by atoms with Gasteiger partial charge >= 0.3 is 0 Å². The first-order chi connectivity index (χ1) is 7.49. The molecule has 0 saturated heterocycles. The van der Waals surface area contributed by atoms with E-state index >= 15 is 0 Å². The zero-order valence-electron chi connectivity index (χ0n) is 9.58. The van der Waals surface area contributed by atoms with Crippen LogP contribution < -0.4 is 0 Å². The van der Waals surface area contributed by atoms with Gasteiger partial charge in [0.05, 0.1) is 0 Å². The summed E-state index contributed by atoms with van der Waals surface area (Å²) in [6, 6.07) is 0. The number of hydrogen-bond donors (Lipinski definition) is 0. The summed E-state index contributed by atoms with van der Waals surface area (Å²) >= 11 is 0. The van der Waals surface area contributed by atoms with E-state index in [1.807, 2.05) is 0 Å². The van der Waals surface area contributed by atoms with Crippen LogP contribution in [0.4, 0.5) is 0 Å². The molecule has 1 aliphatic heterocycles. The summed E-state index contributed by atoms with van der Waals surface area (Å²) in [4.78, 5) is 35.4. The molecule has 1 aliphatic rings. The molecule has 86 valence electrons. The Morgan fingerprint density at radius 1 is 1.25 bits per heavy atom. The fourth-order valence-corrected chi connectivity index (χ4v) is 1.53. The lowest BCUT2D eigenvalue weighted by Crippen LogP contribution is -2.32. The first kappa shape index (κ1) is 12.4. The largest absolute Gasteiger partial charge is 0.295 e. The number of allylic oxidation sites excluding steroid dienone is 1. The summed E-state index contributed by atoms with van der Waals surface area (Å²) in [5.74, 6) is -0.553. The maximum absolute atomic E-state index is 11.6. The Balaban J connectivity index is 2.53. The molecular formula is C12H15NO3. The Bertz CT molecular complexity index is 369. The van der Waals surface area contributed by atoms with Gasteiger partial charge in [0.1, 0.15) is 0 Å². The molecule has 0 atom stereocenters. The Morgan fingerprint density at radius 2 is 1.75 bits per heavy atom. The zero-order chi connectivity index (χ0) is 12.3. The molecule has 0 fully saturated rings. The summed E-state index contributed by atoms with van der Waals surface area (Å²) in [7, 11) is 0. The van der Waals surface area contributed by atoms with Crippen molar-refractivity contribution >= 4 is 17.6 Å². The summed E-state index contributed by atoms with van der Waals surface area (Å²) in [6.45, 7) is 6.94. The number of ketones is 1. The summed E-state index contributed by atoms with van der Waals surface area (Å²) in [5, 5.41) is 0. The third kappa shape index (κ3) is 2.27. The van der Waals surface area contributed by atoms with Gasteiger partial charge in [0.15, 0.2) is 5.78 Å². The number of hydrogen-bond acceptors (Lipinski definition) is 3. The molecule has 1 heterocycles. The fraction of sp³-hybridized carbons (Fsp3) is 0.417. The molecule has 4 heteroatoms. The first-order valence-electron chi connectivity index (χ1n) is 5.18. The minimum absolute atomic E-state index is 0.0690. The maximum atomic E-state index is 11.6. The molecule has 0 radical (unpaired) electrons. The highest BCUT2D eigenvalue weighted by Gasteiger charge is 2.32. The van der Waals surface area contributed by atoms with Gasteiger partial charge in [0.25, 0.3) is 11.8 Å². The predicted octanol–water partition coefficient (Wildman–Crippen LogP) is 1.23. The number of imide groups is 1. The second-order valence-electron chi connectivity index (χ2n) is 3.79. The highest BCUT2D eigenvalue weighted by atomic mass is 16.2. The van der Waals surface area contributed by atoms with Crippen LogP contribution in [0, 0.1) is 0 Å². The van der Waals surface area contributed by atoms with E-state index in [0.717, 1.165) is 0 Å². The van der Waals surface area contributed by atoms with E-state index < -0.39 is 0 Å². The summed E-state index contributed by atoms with van der Waals surface area (Å²) in [5.41, 5.74) is 1.00. The van der Waals surface area contributed by atoms with Crippen molar-refractivity contribution < 1.29 is 14.4 Å². The van der Waals surface area contributed by atoms with E-state index in [2.05, 4.69) is 6.58 Å². The third-order valence-corrected chi connectivity index (χ3v) is 2.73. The van der Waals surface area contributed by atoms with Crippen LogP contribution >= 0.6 is 0 Å². The Hall–Kier alpha value is -1.71. The van der Waals surface area contributed by atoms with Crippen molar-refractivity contribution in [3.8, 4) is 0 Å². The number of amides is 2. The van der Waals surface area contributed by atoms with E-state index in [1.165, 1.54) is 11.0 Å². The topological polar surface area (TPSA) is 54.5 Å². The highest BCUT2D eigenvalue weighted by Crippen LogP contribution is 2.19. The van der Waals surface area contributed by atoms with Crippen LogP contribution in [0.5, 0.6) is 0 Å². The van der Waals surface area contributed by atoms with Crippen molar-refractivity contribution in [3.63, 3.8) is 0 Å². The molecule has 0 aromatic rings. The number of rotatable bonds is 5. The van der Waals surface area contributed by atoms with Gasteiger partial charge in [-0.15, -0.1) is 0 Å². The maximum Gasteiger partial charge on any atom is 0.256 e. The lowest BCUT2D eigenvalue weighted by molar-refractivity contribution is -0.137.